The molecule has 1 heterocycles. The zero-order valence-electron chi connectivity index (χ0n) is 9.12. The number of carbonyl (C=O) groups excluding carboxylic acids is 1. The molecule has 0 saturated carbocycles. The molecule has 0 saturated heterocycles. The lowest BCUT2D eigenvalue weighted by Crippen LogP contribution is -2.49. The lowest BCUT2D eigenvalue weighted by Gasteiger charge is -2.21. The Hall–Kier alpha value is -1.69. The van der Waals surface area contributed by atoms with Crippen molar-refractivity contribution < 1.29 is 19.1 Å². The van der Waals surface area contributed by atoms with E-state index in [4.69, 9.17) is 16.7 Å². The molecule has 92 valence electrons. The van der Waals surface area contributed by atoms with Gasteiger partial charge in [-0.25, -0.2) is 14.2 Å². The molecule has 0 bridgehead atoms. The summed E-state index contributed by atoms with van der Waals surface area (Å²) in [5.74, 6) is -2.74. The number of pyridine rings is 1. The molecule has 1 aromatic heterocycles. The topological polar surface area (TPSA) is 79.3 Å². The Morgan fingerprint density at radius 3 is 2.65 bits per heavy atom. The minimum atomic E-state index is -1.48. The smallest absolute Gasteiger partial charge is 0.328 e. The van der Waals surface area contributed by atoms with Crippen LogP contribution in [-0.4, -0.2) is 27.5 Å². The van der Waals surface area contributed by atoms with E-state index in [0.29, 0.717) is 0 Å². The van der Waals surface area contributed by atoms with Gasteiger partial charge in [0.1, 0.15) is 16.5 Å². The first-order valence-electron chi connectivity index (χ1n) is 4.61. The molecule has 0 aromatic carbocycles. The molecule has 0 aliphatic heterocycles. The van der Waals surface area contributed by atoms with E-state index in [1.165, 1.54) is 13.8 Å². The van der Waals surface area contributed by atoms with Gasteiger partial charge in [-0.15, -0.1) is 0 Å². The van der Waals surface area contributed by atoms with E-state index in [2.05, 4.69) is 10.3 Å². The van der Waals surface area contributed by atoms with Crippen molar-refractivity contribution >= 4 is 23.5 Å². The number of nitrogens with one attached hydrogen (secondary N) is 1. The quantitative estimate of drug-likeness (QED) is 0.807. The van der Waals surface area contributed by atoms with Gasteiger partial charge in [0.05, 0.1) is 11.8 Å². The molecular formula is C10H10ClFN2O3. The number of hydrogen-bond donors (Lipinski definition) is 2. The molecule has 0 spiro atoms. The molecule has 1 amide bonds. The fourth-order valence-electron chi connectivity index (χ4n) is 0.986. The van der Waals surface area contributed by atoms with Crippen molar-refractivity contribution in [3.8, 4) is 0 Å². The Morgan fingerprint density at radius 1 is 1.53 bits per heavy atom. The number of carbonyl (C=O) groups is 2. The average Bonchev–Trinajstić information content (AvgIpc) is 2.20. The highest BCUT2D eigenvalue weighted by atomic mass is 35.5. The molecule has 1 rings (SSSR count). The highest BCUT2D eigenvalue weighted by molar-refractivity contribution is 6.32. The highest BCUT2D eigenvalue weighted by Gasteiger charge is 2.30. The van der Waals surface area contributed by atoms with E-state index in [0.717, 1.165) is 12.3 Å². The molecule has 5 nitrogen and oxygen atoms in total. The van der Waals surface area contributed by atoms with Crippen LogP contribution in [0.5, 0.6) is 0 Å². The van der Waals surface area contributed by atoms with Crippen LogP contribution in [0.25, 0.3) is 0 Å². The highest BCUT2D eigenvalue weighted by Crippen LogP contribution is 2.15. The molecule has 0 aliphatic rings. The fourth-order valence-corrected chi connectivity index (χ4v) is 1.18. The second-order valence-corrected chi connectivity index (χ2v) is 4.23. The van der Waals surface area contributed by atoms with Gasteiger partial charge in [0.25, 0.3) is 5.91 Å². The standard InChI is InChI=1S/C10H10ClFN2O3/c1-10(2,9(16)17)14-8(15)6-3-5(12)4-13-7(6)11/h3-4H,1-2H3,(H,14,15)(H,16,17). The van der Waals surface area contributed by atoms with Crippen molar-refractivity contribution in [3.63, 3.8) is 0 Å². The number of aromatic nitrogens is 1. The van der Waals surface area contributed by atoms with Gasteiger partial charge in [-0.2, -0.15) is 0 Å². The SMILES string of the molecule is CC(C)(NC(=O)c1cc(F)cnc1Cl)C(=O)O. The van der Waals surface area contributed by atoms with Gasteiger partial charge in [0, 0.05) is 0 Å². The molecule has 0 fully saturated rings. The van der Waals surface area contributed by atoms with Crippen molar-refractivity contribution in [1.82, 2.24) is 10.3 Å². The summed E-state index contributed by atoms with van der Waals surface area (Å²) < 4.78 is 12.9. The predicted octanol–water partition coefficient (Wildman–Crippen LogP) is 1.47. The van der Waals surface area contributed by atoms with Gasteiger partial charge in [-0.3, -0.25) is 4.79 Å². The number of amides is 1. The summed E-state index contributed by atoms with van der Waals surface area (Å²) in [4.78, 5) is 25.9. The molecule has 0 unspecified atom stereocenters. The van der Waals surface area contributed by atoms with Crippen LogP contribution in [0.15, 0.2) is 12.3 Å². The number of carboxylic acid groups (broad SMARTS) is 1. The number of carboxylic acids is 1. The number of rotatable bonds is 3. The van der Waals surface area contributed by atoms with E-state index in [1.807, 2.05) is 0 Å². The minimum absolute atomic E-state index is 0.190. The lowest BCUT2D eigenvalue weighted by molar-refractivity contribution is -0.143. The van der Waals surface area contributed by atoms with Gasteiger partial charge in [0.15, 0.2) is 0 Å². The average molecular weight is 261 g/mol. The summed E-state index contributed by atoms with van der Waals surface area (Å²) in [6.45, 7) is 2.60. The summed E-state index contributed by atoms with van der Waals surface area (Å²) in [6, 6.07) is 0.891. The fraction of sp³-hybridized carbons (Fsp3) is 0.300. The molecule has 1 aromatic rings. The van der Waals surface area contributed by atoms with E-state index in [-0.39, 0.29) is 10.7 Å². The maximum absolute atomic E-state index is 12.9. The van der Waals surface area contributed by atoms with Crippen molar-refractivity contribution in [1.29, 1.82) is 0 Å². The molecule has 0 radical (unpaired) electrons. The van der Waals surface area contributed by atoms with Gasteiger partial charge in [0.2, 0.25) is 0 Å². The lowest BCUT2D eigenvalue weighted by atomic mass is 10.1. The van der Waals surface area contributed by atoms with Crippen molar-refractivity contribution in [2.24, 2.45) is 0 Å². The van der Waals surface area contributed by atoms with E-state index >= 15 is 0 Å². The van der Waals surface area contributed by atoms with Crippen LogP contribution in [0.3, 0.4) is 0 Å². The maximum atomic E-state index is 12.9. The van der Waals surface area contributed by atoms with E-state index < -0.39 is 23.2 Å². The van der Waals surface area contributed by atoms with Crippen LogP contribution in [0.4, 0.5) is 4.39 Å². The normalized spacial score (nSPS) is 11.1. The van der Waals surface area contributed by atoms with Gasteiger partial charge in [-0.05, 0) is 19.9 Å². The molecule has 7 heteroatoms. The third-order valence-electron chi connectivity index (χ3n) is 2.01. The van der Waals surface area contributed by atoms with Crippen LogP contribution in [0.2, 0.25) is 5.15 Å². The monoisotopic (exact) mass is 260 g/mol. The van der Waals surface area contributed by atoms with Crippen LogP contribution >= 0.6 is 11.6 Å². The van der Waals surface area contributed by atoms with Crippen LogP contribution < -0.4 is 5.32 Å². The third kappa shape index (κ3) is 3.13. The minimum Gasteiger partial charge on any atom is -0.480 e. The summed E-state index contributed by atoms with van der Waals surface area (Å²) in [5.41, 5.74) is -1.69. The molecule has 0 atom stereocenters. The van der Waals surface area contributed by atoms with E-state index in [1.54, 1.807) is 0 Å². The number of halogens is 2. The van der Waals surface area contributed by atoms with Crippen LogP contribution in [0, 0.1) is 5.82 Å². The first-order chi connectivity index (χ1) is 7.74. The summed E-state index contributed by atoms with van der Waals surface area (Å²) in [5, 5.41) is 10.8. The largest absolute Gasteiger partial charge is 0.480 e. The zero-order valence-corrected chi connectivity index (χ0v) is 9.88. The first-order valence-corrected chi connectivity index (χ1v) is 4.99. The summed E-state index contributed by atoms with van der Waals surface area (Å²) >= 11 is 5.61. The number of hydrogen-bond acceptors (Lipinski definition) is 3. The van der Waals surface area contributed by atoms with Crippen molar-refractivity contribution in [2.75, 3.05) is 0 Å². The summed E-state index contributed by atoms with van der Waals surface area (Å²) in [6.07, 6.45) is 0.863. The summed E-state index contributed by atoms with van der Waals surface area (Å²) in [7, 11) is 0. The Kier molecular flexibility index (Phi) is 3.67. The molecular weight excluding hydrogens is 251 g/mol. The zero-order chi connectivity index (χ0) is 13.2. The Labute approximate surface area is 102 Å². The van der Waals surface area contributed by atoms with Gasteiger partial charge >= 0.3 is 5.97 Å². The van der Waals surface area contributed by atoms with Gasteiger partial charge in [-0.1, -0.05) is 11.6 Å². The molecule has 17 heavy (non-hydrogen) atoms. The molecule has 2 N–H and O–H groups in total. The maximum Gasteiger partial charge on any atom is 0.328 e. The Morgan fingerprint density at radius 2 is 2.12 bits per heavy atom. The second kappa shape index (κ2) is 4.67. The number of nitrogens with zero attached hydrogens (tertiary/aromatic N) is 1. The second-order valence-electron chi connectivity index (χ2n) is 3.88. The van der Waals surface area contributed by atoms with Crippen LogP contribution in [0.1, 0.15) is 24.2 Å². The van der Waals surface area contributed by atoms with Crippen LogP contribution in [-0.2, 0) is 4.79 Å². The Bertz CT molecular complexity index is 477. The van der Waals surface area contributed by atoms with Crippen molar-refractivity contribution in [2.45, 2.75) is 19.4 Å². The first kappa shape index (κ1) is 13.4. The van der Waals surface area contributed by atoms with E-state index in [9.17, 15) is 14.0 Å². The number of aliphatic carboxylic acids is 1. The predicted molar refractivity (Wildman–Crippen MR) is 58.4 cm³/mol. The molecule has 0 aliphatic carbocycles. The van der Waals surface area contributed by atoms with Crippen molar-refractivity contribution in [3.05, 3.63) is 28.8 Å². The van der Waals surface area contributed by atoms with Gasteiger partial charge < -0.3 is 10.4 Å². The Balaban J connectivity index is 2.98. The third-order valence-corrected chi connectivity index (χ3v) is 2.31.